The van der Waals surface area contributed by atoms with Crippen LogP contribution in [0.3, 0.4) is 0 Å². The van der Waals surface area contributed by atoms with Crippen LogP contribution in [0, 0.1) is 5.92 Å². The number of hydrogen-bond acceptors (Lipinski definition) is 3. The van der Waals surface area contributed by atoms with E-state index in [1.807, 2.05) is 23.1 Å². The highest BCUT2D eigenvalue weighted by Crippen LogP contribution is 2.18. The summed E-state index contributed by atoms with van der Waals surface area (Å²) < 4.78 is 0. The molecule has 0 spiro atoms. The van der Waals surface area contributed by atoms with Crippen molar-refractivity contribution in [2.24, 2.45) is 5.92 Å². The maximum atomic E-state index is 12.5. The van der Waals surface area contributed by atoms with Crippen LogP contribution < -0.4 is 5.32 Å². The molecule has 0 radical (unpaired) electrons. The Bertz CT molecular complexity index is 669. The Morgan fingerprint density at radius 3 is 2.80 bits per heavy atom. The lowest BCUT2D eigenvalue weighted by atomic mass is 10.00. The quantitative estimate of drug-likeness (QED) is 0.811. The van der Waals surface area contributed by atoms with Gasteiger partial charge in [-0.2, -0.15) is 0 Å². The van der Waals surface area contributed by atoms with Gasteiger partial charge in [0.05, 0.1) is 11.9 Å². The molecule has 1 aromatic carbocycles. The zero-order valence-corrected chi connectivity index (χ0v) is 14.9. The highest BCUT2D eigenvalue weighted by atomic mass is 16.2. The average molecular weight is 337 g/mol. The molecule has 3 rings (SSSR count). The molecule has 1 aliphatic rings. The van der Waals surface area contributed by atoms with Crippen molar-refractivity contribution >= 4 is 11.6 Å². The number of pyridine rings is 1. The number of hydrogen-bond donors (Lipinski definition) is 1. The van der Waals surface area contributed by atoms with Gasteiger partial charge in [-0.15, -0.1) is 0 Å². The number of aryl methyl sites for hydroxylation is 1. The predicted octanol–water partition coefficient (Wildman–Crippen LogP) is 4.00. The van der Waals surface area contributed by atoms with Crippen molar-refractivity contribution in [1.82, 2.24) is 9.88 Å². The van der Waals surface area contributed by atoms with Crippen molar-refractivity contribution in [3.05, 3.63) is 59.9 Å². The minimum atomic E-state index is 0.0576. The number of nitrogens with one attached hydrogen (secondary N) is 1. The van der Waals surface area contributed by atoms with Crippen LogP contribution in [0.15, 0.2) is 48.7 Å². The van der Waals surface area contributed by atoms with Gasteiger partial charge in [0.15, 0.2) is 0 Å². The molecule has 1 unspecified atom stereocenters. The van der Waals surface area contributed by atoms with Gasteiger partial charge in [0.25, 0.3) is 5.91 Å². The van der Waals surface area contributed by atoms with Crippen LogP contribution in [0.4, 0.5) is 5.69 Å². The third-order valence-electron chi connectivity index (χ3n) is 4.74. The first-order chi connectivity index (χ1) is 12.2. The largest absolute Gasteiger partial charge is 0.384 e. The summed E-state index contributed by atoms with van der Waals surface area (Å²) >= 11 is 0. The summed E-state index contributed by atoms with van der Waals surface area (Å²) in [5.41, 5.74) is 2.87. The van der Waals surface area contributed by atoms with Crippen LogP contribution in [0.2, 0.25) is 0 Å². The normalized spacial score (nSPS) is 17.3. The molecule has 4 heteroatoms. The van der Waals surface area contributed by atoms with Gasteiger partial charge in [0.1, 0.15) is 5.69 Å². The fourth-order valence-electron chi connectivity index (χ4n) is 3.33. The highest BCUT2D eigenvalue weighted by molar-refractivity contribution is 5.92. The van der Waals surface area contributed by atoms with Gasteiger partial charge < -0.3 is 10.2 Å². The van der Waals surface area contributed by atoms with Gasteiger partial charge in [0, 0.05) is 19.6 Å². The minimum Gasteiger partial charge on any atom is -0.384 e. The molecule has 132 valence electrons. The topological polar surface area (TPSA) is 45.2 Å². The standard InChI is InChI=1S/C21H27N3O/c1-17-7-6-14-24(16-17)21(25)20-12-11-19(15-23-20)22-13-5-10-18-8-3-2-4-9-18/h2-4,8-9,11-12,15,17,22H,5-7,10,13-14,16H2,1H3. The summed E-state index contributed by atoms with van der Waals surface area (Å²) in [5.74, 6) is 0.644. The Kier molecular flexibility index (Phi) is 6.04. The van der Waals surface area contributed by atoms with E-state index < -0.39 is 0 Å². The number of piperidine rings is 1. The van der Waals surface area contributed by atoms with Crippen molar-refractivity contribution in [1.29, 1.82) is 0 Å². The Morgan fingerprint density at radius 2 is 2.08 bits per heavy atom. The van der Waals surface area contributed by atoms with Crippen LogP contribution in [-0.4, -0.2) is 35.4 Å². The first kappa shape index (κ1) is 17.5. The molecule has 1 fully saturated rings. The summed E-state index contributed by atoms with van der Waals surface area (Å²) in [6.07, 6.45) is 6.20. The lowest BCUT2D eigenvalue weighted by Gasteiger charge is -2.30. The van der Waals surface area contributed by atoms with Crippen LogP contribution in [-0.2, 0) is 6.42 Å². The van der Waals surface area contributed by atoms with Crippen LogP contribution in [0.1, 0.15) is 42.2 Å². The number of aromatic nitrogens is 1. The van der Waals surface area contributed by atoms with Crippen molar-refractivity contribution in [3.63, 3.8) is 0 Å². The lowest BCUT2D eigenvalue weighted by molar-refractivity contribution is 0.0677. The number of benzene rings is 1. The fraction of sp³-hybridized carbons (Fsp3) is 0.429. The number of nitrogens with zero attached hydrogens (tertiary/aromatic N) is 2. The van der Waals surface area contributed by atoms with E-state index in [0.717, 1.165) is 44.6 Å². The number of rotatable bonds is 6. The molecule has 1 aliphatic heterocycles. The maximum absolute atomic E-state index is 12.5. The van der Waals surface area contributed by atoms with Crippen molar-refractivity contribution in [2.75, 3.05) is 25.0 Å². The summed E-state index contributed by atoms with van der Waals surface area (Å²) in [7, 11) is 0. The van der Waals surface area contributed by atoms with Crippen molar-refractivity contribution in [2.45, 2.75) is 32.6 Å². The van der Waals surface area contributed by atoms with Crippen LogP contribution in [0.25, 0.3) is 0 Å². The number of anilines is 1. The molecule has 1 aromatic heterocycles. The van der Waals surface area contributed by atoms with Crippen LogP contribution in [0.5, 0.6) is 0 Å². The molecule has 1 N–H and O–H groups in total. The van der Waals surface area contributed by atoms with Gasteiger partial charge in [-0.25, -0.2) is 4.98 Å². The van der Waals surface area contributed by atoms with E-state index in [1.54, 1.807) is 6.20 Å². The Morgan fingerprint density at radius 1 is 1.24 bits per heavy atom. The summed E-state index contributed by atoms with van der Waals surface area (Å²) in [6, 6.07) is 14.3. The van der Waals surface area contributed by atoms with E-state index in [-0.39, 0.29) is 5.91 Å². The third kappa shape index (κ3) is 5.05. The number of carbonyl (C=O) groups is 1. The molecule has 2 aromatic rings. The average Bonchev–Trinajstić information content (AvgIpc) is 2.66. The van der Waals surface area contributed by atoms with Gasteiger partial charge >= 0.3 is 0 Å². The van der Waals surface area contributed by atoms with Gasteiger partial charge in [-0.3, -0.25) is 4.79 Å². The van der Waals surface area contributed by atoms with E-state index >= 15 is 0 Å². The molecule has 25 heavy (non-hydrogen) atoms. The molecule has 0 aliphatic carbocycles. The van der Waals surface area contributed by atoms with Crippen LogP contribution >= 0.6 is 0 Å². The van der Waals surface area contributed by atoms with E-state index in [0.29, 0.717) is 11.6 Å². The molecule has 0 saturated carbocycles. The Balaban J connectivity index is 1.46. The Hall–Kier alpha value is -2.36. The smallest absolute Gasteiger partial charge is 0.272 e. The van der Waals surface area contributed by atoms with E-state index in [4.69, 9.17) is 0 Å². The second kappa shape index (κ2) is 8.65. The maximum Gasteiger partial charge on any atom is 0.272 e. The molecular formula is C21H27N3O. The summed E-state index contributed by atoms with van der Waals surface area (Å²) in [5, 5.41) is 3.38. The van der Waals surface area contributed by atoms with Gasteiger partial charge in [-0.05, 0) is 49.3 Å². The fourth-order valence-corrected chi connectivity index (χ4v) is 3.33. The van der Waals surface area contributed by atoms with Gasteiger partial charge in [-0.1, -0.05) is 37.3 Å². The number of amides is 1. The van der Waals surface area contributed by atoms with E-state index in [1.165, 1.54) is 12.0 Å². The summed E-state index contributed by atoms with van der Waals surface area (Å²) in [6.45, 7) is 4.80. The number of carbonyl (C=O) groups excluding carboxylic acids is 1. The highest BCUT2D eigenvalue weighted by Gasteiger charge is 2.22. The lowest BCUT2D eigenvalue weighted by Crippen LogP contribution is -2.39. The Labute approximate surface area is 150 Å². The monoisotopic (exact) mass is 337 g/mol. The second-order valence-corrected chi connectivity index (χ2v) is 6.95. The summed E-state index contributed by atoms with van der Waals surface area (Å²) in [4.78, 5) is 18.8. The molecule has 1 atom stereocenters. The molecule has 0 bridgehead atoms. The predicted molar refractivity (Wildman–Crippen MR) is 102 cm³/mol. The molecule has 1 saturated heterocycles. The molecule has 4 nitrogen and oxygen atoms in total. The first-order valence-corrected chi connectivity index (χ1v) is 9.25. The van der Waals surface area contributed by atoms with E-state index in [9.17, 15) is 4.79 Å². The SMILES string of the molecule is CC1CCCN(C(=O)c2ccc(NCCCc3ccccc3)cn2)C1. The number of likely N-dealkylation sites (tertiary alicyclic amines) is 1. The molecule has 1 amide bonds. The third-order valence-corrected chi connectivity index (χ3v) is 4.74. The zero-order chi connectivity index (χ0) is 17.5. The second-order valence-electron chi connectivity index (χ2n) is 6.95. The van der Waals surface area contributed by atoms with Crippen molar-refractivity contribution in [3.8, 4) is 0 Å². The molecular weight excluding hydrogens is 310 g/mol. The zero-order valence-electron chi connectivity index (χ0n) is 14.9. The molecule has 2 heterocycles. The van der Waals surface area contributed by atoms with Crippen molar-refractivity contribution < 1.29 is 4.79 Å². The first-order valence-electron chi connectivity index (χ1n) is 9.25. The van der Waals surface area contributed by atoms with E-state index in [2.05, 4.69) is 41.5 Å². The van der Waals surface area contributed by atoms with Gasteiger partial charge in [0.2, 0.25) is 0 Å². The minimum absolute atomic E-state index is 0.0576.